The summed E-state index contributed by atoms with van der Waals surface area (Å²) in [5.74, 6) is 0.900. The summed E-state index contributed by atoms with van der Waals surface area (Å²) in [5, 5.41) is 0.396. The zero-order valence-electron chi connectivity index (χ0n) is 23.9. The Labute approximate surface area is 231 Å². The van der Waals surface area contributed by atoms with E-state index in [9.17, 15) is 13.2 Å². The van der Waals surface area contributed by atoms with Crippen LogP contribution in [0.1, 0.15) is 64.5 Å². The first-order valence-electron chi connectivity index (χ1n) is 13.1. The van der Waals surface area contributed by atoms with Crippen LogP contribution in [-0.2, 0) is 15.4 Å². The molecule has 0 N–H and O–H groups in total. The summed E-state index contributed by atoms with van der Waals surface area (Å²) in [6, 6.07) is 18.9. The van der Waals surface area contributed by atoms with Crippen molar-refractivity contribution in [3.8, 4) is 11.4 Å². The Morgan fingerprint density at radius 3 is 2.10 bits per heavy atom. The maximum absolute atomic E-state index is 14.0. The summed E-state index contributed by atoms with van der Waals surface area (Å²) >= 11 is 0. The van der Waals surface area contributed by atoms with E-state index in [4.69, 9.17) is 9.72 Å². The number of sulfonamides is 1. The maximum atomic E-state index is 14.0. The molecule has 1 atom stereocenters. The number of ether oxygens (including phenoxy) is 1. The number of hydrogen-bond acceptors (Lipinski definition) is 5. The fourth-order valence-electron chi connectivity index (χ4n) is 4.41. The van der Waals surface area contributed by atoms with E-state index in [2.05, 4.69) is 20.8 Å². The van der Waals surface area contributed by atoms with Gasteiger partial charge in [-0.15, -0.1) is 0 Å². The molecule has 0 radical (unpaired) electrons. The zero-order valence-corrected chi connectivity index (χ0v) is 24.7. The largest absolute Gasteiger partial charge is 0.491 e. The minimum atomic E-state index is -3.88. The average Bonchev–Trinajstić information content (AvgIpc) is 2.88. The Balaban J connectivity index is 1.86. The van der Waals surface area contributed by atoms with Crippen molar-refractivity contribution in [3.63, 3.8) is 0 Å². The van der Waals surface area contributed by atoms with E-state index in [-0.39, 0.29) is 22.0 Å². The number of rotatable bonds is 7. The Morgan fingerprint density at radius 2 is 1.54 bits per heavy atom. The van der Waals surface area contributed by atoms with Crippen molar-refractivity contribution < 1.29 is 13.2 Å². The molecule has 7 nitrogen and oxygen atoms in total. The van der Waals surface area contributed by atoms with Crippen LogP contribution in [0, 0.1) is 6.92 Å². The number of benzene rings is 3. The molecule has 4 rings (SSSR count). The van der Waals surface area contributed by atoms with Gasteiger partial charge in [0.25, 0.3) is 5.56 Å². The molecule has 1 aromatic heterocycles. The van der Waals surface area contributed by atoms with Gasteiger partial charge in [-0.25, -0.2) is 13.4 Å². The van der Waals surface area contributed by atoms with Gasteiger partial charge in [0, 0.05) is 7.05 Å². The van der Waals surface area contributed by atoms with E-state index in [0.717, 1.165) is 11.1 Å². The van der Waals surface area contributed by atoms with E-state index >= 15 is 0 Å². The van der Waals surface area contributed by atoms with Gasteiger partial charge in [-0.1, -0.05) is 50.6 Å². The fraction of sp³-hybridized carbons (Fsp3) is 0.355. The first-order chi connectivity index (χ1) is 18.2. The third-order valence-electron chi connectivity index (χ3n) is 6.85. The van der Waals surface area contributed by atoms with Crippen molar-refractivity contribution in [1.82, 2.24) is 13.9 Å². The van der Waals surface area contributed by atoms with Gasteiger partial charge in [-0.05, 0) is 81.1 Å². The summed E-state index contributed by atoms with van der Waals surface area (Å²) in [7, 11) is -2.36. The van der Waals surface area contributed by atoms with E-state index in [0.29, 0.717) is 28.2 Å². The van der Waals surface area contributed by atoms with Gasteiger partial charge in [0.15, 0.2) is 0 Å². The molecule has 0 aliphatic rings. The third-order valence-corrected chi connectivity index (χ3v) is 8.79. The van der Waals surface area contributed by atoms with Crippen LogP contribution in [-0.4, -0.2) is 35.4 Å². The first kappa shape index (κ1) is 28.5. The Hall–Kier alpha value is -3.49. The summed E-state index contributed by atoms with van der Waals surface area (Å²) in [5.41, 5.74) is 2.78. The Bertz CT molecular complexity index is 1650. The summed E-state index contributed by atoms with van der Waals surface area (Å²) in [6.07, 6.45) is -0.0506. The lowest BCUT2D eigenvalue weighted by atomic mass is 9.87. The highest BCUT2D eigenvalue weighted by Gasteiger charge is 2.30. The smallest absolute Gasteiger partial charge is 0.266 e. The molecule has 0 saturated heterocycles. The van der Waals surface area contributed by atoms with E-state index < -0.39 is 16.1 Å². The second-order valence-corrected chi connectivity index (χ2v) is 13.3. The molecule has 206 valence electrons. The lowest BCUT2D eigenvalue weighted by Gasteiger charge is -2.27. The number of nitrogens with zero attached hydrogens (tertiary/aromatic N) is 3. The predicted molar refractivity (Wildman–Crippen MR) is 156 cm³/mol. The highest BCUT2D eigenvalue weighted by atomic mass is 32.2. The molecule has 0 aliphatic heterocycles. The minimum Gasteiger partial charge on any atom is -0.491 e. The summed E-state index contributed by atoms with van der Waals surface area (Å²) < 4.78 is 36.0. The second-order valence-electron chi connectivity index (χ2n) is 11.3. The van der Waals surface area contributed by atoms with Gasteiger partial charge in [0.05, 0.1) is 33.6 Å². The van der Waals surface area contributed by atoms with Crippen molar-refractivity contribution in [2.75, 3.05) is 7.05 Å². The lowest BCUT2D eigenvalue weighted by molar-refractivity contribution is 0.242. The highest BCUT2D eigenvalue weighted by molar-refractivity contribution is 7.89. The fourth-order valence-corrected chi connectivity index (χ4v) is 5.74. The topological polar surface area (TPSA) is 81.5 Å². The quantitative estimate of drug-likeness (QED) is 0.277. The van der Waals surface area contributed by atoms with E-state index in [1.54, 1.807) is 37.3 Å². The molecule has 4 aromatic rings. The molecule has 0 amide bonds. The Morgan fingerprint density at radius 1 is 0.923 bits per heavy atom. The van der Waals surface area contributed by atoms with E-state index in [1.165, 1.54) is 15.9 Å². The molecule has 1 unspecified atom stereocenters. The molecule has 0 aliphatic carbocycles. The molecule has 0 fully saturated rings. The van der Waals surface area contributed by atoms with Crippen LogP contribution in [0.4, 0.5) is 0 Å². The second kappa shape index (κ2) is 10.6. The lowest BCUT2D eigenvalue weighted by Crippen LogP contribution is -2.35. The standard InChI is InChI=1S/C31H37N3O4S/c1-20(2)38-25-15-18-28-27(19-25)30(35)34(24-13-9-21(3)10-14-24)29(32-28)22(4)33(8)39(36,37)26-16-11-23(12-17-26)31(5,6)7/h9-20,22H,1-8H3. The van der Waals surface area contributed by atoms with Crippen LogP contribution < -0.4 is 10.3 Å². The van der Waals surface area contributed by atoms with Crippen LogP contribution in [0.2, 0.25) is 0 Å². The van der Waals surface area contributed by atoms with Gasteiger partial charge >= 0.3 is 0 Å². The van der Waals surface area contributed by atoms with Crippen LogP contribution in [0.15, 0.2) is 76.4 Å². The predicted octanol–water partition coefficient (Wildman–Crippen LogP) is 6.16. The number of fused-ring (bicyclic) bond motifs is 1. The molecule has 0 spiro atoms. The van der Waals surface area contributed by atoms with Gasteiger partial charge < -0.3 is 4.74 Å². The summed E-state index contributed by atoms with van der Waals surface area (Å²) in [6.45, 7) is 13.8. The molecule has 8 heteroatoms. The maximum Gasteiger partial charge on any atom is 0.266 e. The van der Waals surface area contributed by atoms with Crippen LogP contribution >= 0.6 is 0 Å². The van der Waals surface area contributed by atoms with Crippen LogP contribution in [0.5, 0.6) is 5.75 Å². The first-order valence-corrected chi connectivity index (χ1v) is 14.5. The van der Waals surface area contributed by atoms with Crippen LogP contribution in [0.3, 0.4) is 0 Å². The average molecular weight is 548 g/mol. The van der Waals surface area contributed by atoms with E-state index in [1.807, 2.05) is 57.2 Å². The highest BCUT2D eigenvalue weighted by Crippen LogP contribution is 2.29. The van der Waals surface area contributed by atoms with Crippen LogP contribution in [0.25, 0.3) is 16.6 Å². The van der Waals surface area contributed by atoms with Crippen molar-refractivity contribution in [2.24, 2.45) is 0 Å². The monoisotopic (exact) mass is 547 g/mol. The van der Waals surface area contributed by atoms with Gasteiger partial charge in [-0.3, -0.25) is 9.36 Å². The SMILES string of the molecule is Cc1ccc(-n2c(C(C)N(C)S(=O)(=O)c3ccc(C(C)(C)C)cc3)nc3ccc(OC(C)C)cc3c2=O)cc1. The van der Waals surface area contributed by atoms with Crippen molar-refractivity contribution >= 4 is 20.9 Å². The molecular weight excluding hydrogens is 510 g/mol. The zero-order chi connectivity index (χ0) is 28.7. The number of aromatic nitrogens is 2. The van der Waals surface area contributed by atoms with Crippen molar-refractivity contribution in [1.29, 1.82) is 0 Å². The van der Waals surface area contributed by atoms with Crippen molar-refractivity contribution in [3.05, 3.63) is 94.0 Å². The number of aryl methyl sites for hydroxylation is 1. The molecule has 39 heavy (non-hydrogen) atoms. The third kappa shape index (κ3) is 5.77. The number of hydrogen-bond donors (Lipinski definition) is 0. The van der Waals surface area contributed by atoms with Crippen molar-refractivity contribution in [2.45, 2.75) is 70.9 Å². The normalized spacial score (nSPS) is 13.3. The molecular formula is C31H37N3O4S. The molecule has 1 heterocycles. The Kier molecular flexibility index (Phi) is 7.74. The van der Waals surface area contributed by atoms with Gasteiger partial charge in [0.1, 0.15) is 11.6 Å². The minimum absolute atomic E-state index is 0.0506. The molecule has 0 saturated carbocycles. The van der Waals surface area contributed by atoms with Gasteiger partial charge in [-0.2, -0.15) is 4.31 Å². The van der Waals surface area contributed by atoms with Gasteiger partial charge in [0.2, 0.25) is 10.0 Å². The molecule has 3 aromatic carbocycles. The molecule has 0 bridgehead atoms. The summed E-state index contributed by atoms with van der Waals surface area (Å²) in [4.78, 5) is 19.0.